The Hall–Kier alpha value is -1.33. The van der Waals surface area contributed by atoms with E-state index in [0.29, 0.717) is 10.8 Å². The molecule has 1 amide bonds. The molecule has 0 aromatic carbocycles. The number of rotatable bonds is 4. The molecule has 1 saturated heterocycles. The molecule has 0 unspecified atom stereocenters. The summed E-state index contributed by atoms with van der Waals surface area (Å²) in [5, 5.41) is 3.33. The fourth-order valence-corrected chi connectivity index (χ4v) is 2.68. The van der Waals surface area contributed by atoms with E-state index in [2.05, 4.69) is 22.1 Å². The highest BCUT2D eigenvalue weighted by molar-refractivity contribution is 6.33. The van der Waals surface area contributed by atoms with Gasteiger partial charge in [-0.1, -0.05) is 18.5 Å². The van der Waals surface area contributed by atoms with Gasteiger partial charge in [0.15, 0.2) is 0 Å². The predicted octanol–water partition coefficient (Wildman–Crippen LogP) is 1.92. The molecule has 0 radical (unpaired) electrons. The highest BCUT2D eigenvalue weighted by atomic mass is 35.5. The molecule has 110 valence electrons. The van der Waals surface area contributed by atoms with Crippen LogP contribution in [0.15, 0.2) is 12.1 Å². The van der Waals surface area contributed by atoms with E-state index in [4.69, 9.17) is 17.3 Å². The lowest BCUT2D eigenvalue weighted by Gasteiger charge is -2.32. The molecule has 0 aliphatic carbocycles. The zero-order valence-electron chi connectivity index (χ0n) is 11.7. The summed E-state index contributed by atoms with van der Waals surface area (Å²) >= 11 is 5.99. The van der Waals surface area contributed by atoms with Crippen LogP contribution in [-0.4, -0.2) is 41.5 Å². The lowest BCUT2D eigenvalue weighted by Crippen LogP contribution is -2.45. The van der Waals surface area contributed by atoms with Gasteiger partial charge < -0.3 is 16.0 Å². The molecule has 6 heteroatoms. The predicted molar refractivity (Wildman–Crippen MR) is 80.9 cm³/mol. The van der Waals surface area contributed by atoms with Crippen LogP contribution in [-0.2, 0) is 0 Å². The fraction of sp³-hybridized carbons (Fsp3) is 0.571. The minimum Gasteiger partial charge on any atom is -0.384 e. The Morgan fingerprint density at radius 2 is 2.20 bits per heavy atom. The van der Waals surface area contributed by atoms with Crippen LogP contribution in [0, 0.1) is 0 Å². The third kappa shape index (κ3) is 3.84. The molecule has 2 rings (SSSR count). The standard InChI is InChI=1S/C14H21ClN4O/c1-2-7-19-8-5-10(6-9-19)17-14(20)13-11(15)3-4-12(16)18-13/h3-4,10H,2,5-9H2,1H3,(H2,16,18)(H,17,20). The van der Waals surface area contributed by atoms with Gasteiger partial charge in [-0.05, 0) is 37.9 Å². The minimum absolute atomic E-state index is 0.190. The van der Waals surface area contributed by atoms with Gasteiger partial charge in [-0.15, -0.1) is 0 Å². The quantitative estimate of drug-likeness (QED) is 0.890. The summed E-state index contributed by atoms with van der Waals surface area (Å²) in [5.74, 6) is 0.0635. The number of halogens is 1. The Labute approximate surface area is 124 Å². The number of carbonyl (C=O) groups excluding carboxylic acids is 1. The highest BCUT2D eigenvalue weighted by Crippen LogP contribution is 2.16. The van der Waals surface area contributed by atoms with E-state index in [0.717, 1.165) is 32.5 Å². The number of hydrogen-bond acceptors (Lipinski definition) is 4. The van der Waals surface area contributed by atoms with Gasteiger partial charge in [0.05, 0.1) is 5.02 Å². The lowest BCUT2D eigenvalue weighted by atomic mass is 10.0. The molecule has 0 atom stereocenters. The molecule has 1 aromatic heterocycles. The van der Waals surface area contributed by atoms with Gasteiger partial charge in [0.25, 0.3) is 5.91 Å². The van der Waals surface area contributed by atoms with Crippen molar-refractivity contribution in [3.63, 3.8) is 0 Å². The number of aromatic nitrogens is 1. The number of nitrogens with one attached hydrogen (secondary N) is 1. The van der Waals surface area contributed by atoms with E-state index in [-0.39, 0.29) is 17.6 Å². The second-order valence-corrected chi connectivity index (χ2v) is 5.56. The number of likely N-dealkylation sites (tertiary alicyclic amines) is 1. The second kappa shape index (κ2) is 6.90. The lowest BCUT2D eigenvalue weighted by molar-refractivity contribution is 0.0906. The van der Waals surface area contributed by atoms with Crippen LogP contribution in [0.25, 0.3) is 0 Å². The van der Waals surface area contributed by atoms with Gasteiger partial charge in [0, 0.05) is 19.1 Å². The molecule has 1 aliphatic rings. The topological polar surface area (TPSA) is 71.2 Å². The molecule has 1 aliphatic heterocycles. The molecular weight excluding hydrogens is 276 g/mol. The molecule has 0 saturated carbocycles. The Morgan fingerprint density at radius 1 is 1.50 bits per heavy atom. The number of nitrogen functional groups attached to an aromatic ring is 1. The van der Waals surface area contributed by atoms with Crippen molar-refractivity contribution in [2.24, 2.45) is 0 Å². The first-order valence-corrected chi connectivity index (χ1v) is 7.43. The molecular formula is C14H21ClN4O. The van der Waals surface area contributed by atoms with Crippen LogP contribution in [0.1, 0.15) is 36.7 Å². The summed E-state index contributed by atoms with van der Waals surface area (Å²) in [6, 6.07) is 3.38. The van der Waals surface area contributed by atoms with Gasteiger partial charge in [-0.25, -0.2) is 4.98 Å². The largest absolute Gasteiger partial charge is 0.384 e. The van der Waals surface area contributed by atoms with Crippen molar-refractivity contribution in [1.29, 1.82) is 0 Å². The molecule has 20 heavy (non-hydrogen) atoms. The minimum atomic E-state index is -0.240. The summed E-state index contributed by atoms with van der Waals surface area (Å²) < 4.78 is 0. The average Bonchev–Trinajstić information content (AvgIpc) is 2.44. The Balaban J connectivity index is 1.91. The normalized spacial score (nSPS) is 17.1. The Bertz CT molecular complexity index is 472. The number of nitrogens with zero attached hydrogens (tertiary/aromatic N) is 2. The van der Waals surface area contributed by atoms with Crippen molar-refractivity contribution in [2.45, 2.75) is 32.2 Å². The summed E-state index contributed by atoms with van der Waals surface area (Å²) in [5.41, 5.74) is 5.80. The number of carbonyl (C=O) groups is 1. The van der Waals surface area contributed by atoms with Gasteiger partial charge in [-0.3, -0.25) is 4.79 Å². The van der Waals surface area contributed by atoms with Crippen LogP contribution in [0.2, 0.25) is 5.02 Å². The number of nitrogens with two attached hydrogens (primary N) is 1. The monoisotopic (exact) mass is 296 g/mol. The SMILES string of the molecule is CCCN1CCC(NC(=O)c2nc(N)ccc2Cl)CC1. The average molecular weight is 297 g/mol. The zero-order valence-corrected chi connectivity index (χ0v) is 12.5. The first-order chi connectivity index (χ1) is 9.60. The van der Waals surface area contributed by atoms with Crippen molar-refractivity contribution in [1.82, 2.24) is 15.2 Å². The van der Waals surface area contributed by atoms with Crippen molar-refractivity contribution >= 4 is 23.3 Å². The molecule has 1 aromatic rings. The molecule has 3 N–H and O–H groups in total. The number of anilines is 1. The summed E-state index contributed by atoms with van der Waals surface area (Å²) in [4.78, 5) is 18.6. The summed E-state index contributed by atoms with van der Waals surface area (Å²) in [6.07, 6.45) is 3.09. The van der Waals surface area contributed by atoms with Crippen molar-refractivity contribution in [3.8, 4) is 0 Å². The van der Waals surface area contributed by atoms with Crippen LogP contribution in [0.5, 0.6) is 0 Å². The van der Waals surface area contributed by atoms with Gasteiger partial charge in [-0.2, -0.15) is 0 Å². The molecule has 2 heterocycles. The molecule has 1 fully saturated rings. The smallest absolute Gasteiger partial charge is 0.271 e. The number of hydrogen-bond donors (Lipinski definition) is 2. The number of amides is 1. The first-order valence-electron chi connectivity index (χ1n) is 7.05. The Morgan fingerprint density at radius 3 is 2.85 bits per heavy atom. The van der Waals surface area contributed by atoms with Crippen molar-refractivity contribution < 1.29 is 4.79 Å². The van der Waals surface area contributed by atoms with E-state index in [9.17, 15) is 4.79 Å². The number of piperidine rings is 1. The van der Waals surface area contributed by atoms with Crippen LogP contribution in [0.4, 0.5) is 5.82 Å². The van der Waals surface area contributed by atoms with Gasteiger partial charge in [0.2, 0.25) is 0 Å². The Kier molecular flexibility index (Phi) is 5.20. The van der Waals surface area contributed by atoms with Crippen LogP contribution < -0.4 is 11.1 Å². The van der Waals surface area contributed by atoms with E-state index in [1.54, 1.807) is 12.1 Å². The van der Waals surface area contributed by atoms with Crippen LogP contribution in [0.3, 0.4) is 0 Å². The fourth-order valence-electron chi connectivity index (χ4n) is 2.49. The maximum absolute atomic E-state index is 12.2. The van der Waals surface area contributed by atoms with Crippen molar-refractivity contribution in [3.05, 3.63) is 22.8 Å². The van der Waals surface area contributed by atoms with Gasteiger partial charge in [0.1, 0.15) is 11.5 Å². The van der Waals surface area contributed by atoms with E-state index in [1.807, 2.05) is 0 Å². The maximum Gasteiger partial charge on any atom is 0.271 e. The van der Waals surface area contributed by atoms with E-state index in [1.165, 1.54) is 6.42 Å². The van der Waals surface area contributed by atoms with E-state index < -0.39 is 0 Å². The first kappa shape index (κ1) is 15.1. The van der Waals surface area contributed by atoms with Crippen molar-refractivity contribution in [2.75, 3.05) is 25.4 Å². The molecule has 0 bridgehead atoms. The summed E-state index contributed by atoms with van der Waals surface area (Å²) in [6.45, 7) is 5.36. The number of pyridine rings is 1. The third-order valence-corrected chi connectivity index (χ3v) is 3.85. The van der Waals surface area contributed by atoms with E-state index >= 15 is 0 Å². The molecule has 5 nitrogen and oxygen atoms in total. The second-order valence-electron chi connectivity index (χ2n) is 5.16. The maximum atomic E-state index is 12.2. The molecule has 0 spiro atoms. The highest BCUT2D eigenvalue weighted by Gasteiger charge is 2.22. The zero-order chi connectivity index (χ0) is 14.5. The van der Waals surface area contributed by atoms with Crippen LogP contribution >= 0.6 is 11.6 Å². The van der Waals surface area contributed by atoms with Gasteiger partial charge >= 0.3 is 0 Å². The summed E-state index contributed by atoms with van der Waals surface area (Å²) in [7, 11) is 0. The third-order valence-electron chi connectivity index (χ3n) is 3.55.